The van der Waals surface area contributed by atoms with Crippen LogP contribution >= 0.6 is 0 Å². The van der Waals surface area contributed by atoms with Gasteiger partial charge in [0.1, 0.15) is 0 Å². The predicted octanol–water partition coefficient (Wildman–Crippen LogP) is 13.9. The van der Waals surface area contributed by atoms with Gasteiger partial charge in [-0.3, -0.25) is 0 Å². The molecule has 1 aromatic heterocycles. The molecule has 0 aliphatic heterocycles. The van der Waals surface area contributed by atoms with Gasteiger partial charge < -0.3 is 9.47 Å². The third-order valence-electron chi connectivity index (χ3n) is 10.3. The Morgan fingerprint density at radius 3 is 1.65 bits per heavy atom. The topological polar surface area (TPSA) is 8.17 Å². The zero-order valence-electron chi connectivity index (χ0n) is 28.5. The lowest BCUT2D eigenvalue weighted by molar-refractivity contribution is 1.18. The number of hydrogen-bond donors (Lipinski definition) is 0. The number of aromatic nitrogens is 1. The van der Waals surface area contributed by atoms with Crippen LogP contribution in [-0.4, -0.2) is 4.57 Å². The molecule has 2 heteroatoms. The van der Waals surface area contributed by atoms with E-state index in [1.165, 1.54) is 65.6 Å². The molecule has 10 aromatic rings. The van der Waals surface area contributed by atoms with Crippen molar-refractivity contribution in [3.05, 3.63) is 206 Å². The molecule has 0 saturated carbocycles. The Bertz CT molecular complexity index is 2870. The number of rotatable bonds is 6. The fourth-order valence-electron chi connectivity index (χ4n) is 7.90. The second-order valence-corrected chi connectivity index (χ2v) is 13.4. The van der Waals surface area contributed by atoms with Crippen LogP contribution in [0.25, 0.3) is 71.3 Å². The van der Waals surface area contributed by atoms with E-state index in [4.69, 9.17) is 0 Å². The molecule has 0 fully saturated rings. The molecular formula is C50H34N2. The number of hydrogen-bond acceptors (Lipinski definition) is 1. The summed E-state index contributed by atoms with van der Waals surface area (Å²) in [6.45, 7) is 0. The highest BCUT2D eigenvalue weighted by molar-refractivity contribution is 6.24. The summed E-state index contributed by atoms with van der Waals surface area (Å²) in [6, 6.07) is 74.7. The second kappa shape index (κ2) is 12.5. The summed E-state index contributed by atoms with van der Waals surface area (Å²) in [5.74, 6) is 0. The Morgan fingerprint density at radius 1 is 0.346 bits per heavy atom. The van der Waals surface area contributed by atoms with Crippen molar-refractivity contribution >= 4 is 60.4 Å². The van der Waals surface area contributed by atoms with Crippen LogP contribution < -0.4 is 4.90 Å². The summed E-state index contributed by atoms with van der Waals surface area (Å²) in [5.41, 5.74) is 11.7. The van der Waals surface area contributed by atoms with Crippen LogP contribution in [0, 0.1) is 0 Å². The second-order valence-electron chi connectivity index (χ2n) is 13.4. The van der Waals surface area contributed by atoms with E-state index in [1.54, 1.807) is 0 Å². The first kappa shape index (κ1) is 30.0. The molecule has 0 unspecified atom stereocenters. The van der Waals surface area contributed by atoms with E-state index in [9.17, 15) is 0 Å². The number of fused-ring (bicyclic) bond motifs is 6. The number of anilines is 3. The van der Waals surface area contributed by atoms with E-state index in [-0.39, 0.29) is 0 Å². The summed E-state index contributed by atoms with van der Waals surface area (Å²) < 4.78 is 2.46. The van der Waals surface area contributed by atoms with E-state index in [1.807, 2.05) is 0 Å². The molecule has 0 N–H and O–H groups in total. The Labute approximate surface area is 303 Å². The Hall–Kier alpha value is -6.90. The smallest absolute Gasteiger partial charge is 0.0625 e. The Balaban J connectivity index is 1.27. The van der Waals surface area contributed by atoms with Crippen molar-refractivity contribution in [1.29, 1.82) is 0 Å². The van der Waals surface area contributed by atoms with Crippen LogP contribution in [0.2, 0.25) is 0 Å². The van der Waals surface area contributed by atoms with Gasteiger partial charge in [0, 0.05) is 38.9 Å². The normalized spacial score (nSPS) is 11.5. The zero-order chi connectivity index (χ0) is 34.4. The van der Waals surface area contributed by atoms with Gasteiger partial charge in [0.25, 0.3) is 0 Å². The van der Waals surface area contributed by atoms with Crippen molar-refractivity contribution in [2.24, 2.45) is 0 Å². The van der Waals surface area contributed by atoms with E-state index >= 15 is 0 Å². The monoisotopic (exact) mass is 662 g/mol. The average molecular weight is 663 g/mol. The molecule has 0 bridgehead atoms. The van der Waals surface area contributed by atoms with Crippen molar-refractivity contribution in [2.45, 2.75) is 0 Å². The van der Waals surface area contributed by atoms with Crippen molar-refractivity contribution in [3.8, 4) is 27.9 Å². The number of nitrogens with zero attached hydrogens (tertiary/aromatic N) is 2. The van der Waals surface area contributed by atoms with Gasteiger partial charge in [0.15, 0.2) is 0 Å². The first-order chi connectivity index (χ1) is 25.8. The zero-order valence-corrected chi connectivity index (χ0v) is 28.5. The van der Waals surface area contributed by atoms with Crippen molar-refractivity contribution < 1.29 is 0 Å². The molecule has 244 valence electrons. The lowest BCUT2D eigenvalue weighted by Gasteiger charge is -2.26. The third kappa shape index (κ3) is 5.04. The predicted molar refractivity (Wildman–Crippen MR) is 221 cm³/mol. The maximum absolute atomic E-state index is 2.46. The summed E-state index contributed by atoms with van der Waals surface area (Å²) in [4.78, 5) is 2.40. The molecule has 52 heavy (non-hydrogen) atoms. The molecule has 0 aliphatic carbocycles. The molecule has 10 rings (SSSR count). The van der Waals surface area contributed by atoms with E-state index < -0.39 is 0 Å². The minimum absolute atomic E-state index is 1.11. The highest BCUT2D eigenvalue weighted by Gasteiger charge is 2.22. The van der Waals surface area contributed by atoms with Crippen molar-refractivity contribution in [3.63, 3.8) is 0 Å². The molecule has 9 aromatic carbocycles. The largest absolute Gasteiger partial charge is 0.310 e. The molecule has 0 radical (unpaired) electrons. The maximum atomic E-state index is 2.46. The van der Waals surface area contributed by atoms with Crippen LogP contribution in [0.1, 0.15) is 0 Å². The molecule has 0 amide bonds. The van der Waals surface area contributed by atoms with E-state index in [2.05, 4.69) is 216 Å². The quantitative estimate of drug-likeness (QED) is 0.172. The fraction of sp³-hybridized carbons (Fsp3) is 0. The Morgan fingerprint density at radius 2 is 0.904 bits per heavy atom. The first-order valence-corrected chi connectivity index (χ1v) is 17.9. The van der Waals surface area contributed by atoms with Crippen LogP contribution in [0.3, 0.4) is 0 Å². The van der Waals surface area contributed by atoms with Gasteiger partial charge in [-0.15, -0.1) is 0 Å². The van der Waals surface area contributed by atoms with E-state index in [0.717, 1.165) is 22.7 Å². The van der Waals surface area contributed by atoms with Crippen LogP contribution in [0.4, 0.5) is 17.1 Å². The molecule has 2 nitrogen and oxygen atoms in total. The fourth-order valence-corrected chi connectivity index (χ4v) is 7.90. The maximum Gasteiger partial charge on any atom is 0.0625 e. The van der Waals surface area contributed by atoms with Gasteiger partial charge in [-0.2, -0.15) is 0 Å². The van der Waals surface area contributed by atoms with Crippen LogP contribution in [-0.2, 0) is 0 Å². The highest BCUT2D eigenvalue weighted by Crippen LogP contribution is 2.45. The standard InChI is InChI=1S/C50H34N2/c1-4-14-35(15-5-1)37-24-27-42(28-25-37)51(43-29-26-36-16-10-11-19-39(36)32-43)44-30-31-48-47(34-44)49-46(38-17-6-2-7-18-38)33-40-20-12-13-23-45(40)50(49)52(48)41-21-8-3-9-22-41/h1-34H. The highest BCUT2D eigenvalue weighted by atomic mass is 15.1. The molecule has 0 atom stereocenters. The first-order valence-electron chi connectivity index (χ1n) is 17.9. The summed E-state index contributed by atoms with van der Waals surface area (Å²) in [7, 11) is 0. The third-order valence-corrected chi connectivity index (χ3v) is 10.3. The minimum atomic E-state index is 1.11. The molecule has 0 aliphatic rings. The molecular weight excluding hydrogens is 629 g/mol. The van der Waals surface area contributed by atoms with Gasteiger partial charge >= 0.3 is 0 Å². The summed E-state index contributed by atoms with van der Waals surface area (Å²) in [6.07, 6.45) is 0. The SMILES string of the molecule is c1ccc(-c2ccc(N(c3ccc4ccccc4c3)c3ccc4c(c3)c3c(-c5ccccc5)cc5ccccc5c3n4-c3ccccc3)cc2)cc1. The number of para-hydroxylation sites is 1. The Kier molecular flexibility index (Phi) is 7.18. The van der Waals surface area contributed by atoms with Crippen molar-refractivity contribution in [2.75, 3.05) is 4.90 Å². The molecule has 1 heterocycles. The van der Waals surface area contributed by atoms with Gasteiger partial charge in [0.2, 0.25) is 0 Å². The minimum Gasteiger partial charge on any atom is -0.310 e. The summed E-state index contributed by atoms with van der Waals surface area (Å²) in [5, 5.41) is 7.38. The lowest BCUT2D eigenvalue weighted by Crippen LogP contribution is -2.10. The molecule has 0 saturated heterocycles. The summed E-state index contributed by atoms with van der Waals surface area (Å²) >= 11 is 0. The van der Waals surface area contributed by atoms with Crippen molar-refractivity contribution in [1.82, 2.24) is 4.57 Å². The number of benzene rings is 9. The van der Waals surface area contributed by atoms with Crippen LogP contribution in [0.5, 0.6) is 0 Å². The average Bonchev–Trinajstić information content (AvgIpc) is 3.57. The van der Waals surface area contributed by atoms with Crippen LogP contribution in [0.15, 0.2) is 206 Å². The van der Waals surface area contributed by atoms with Gasteiger partial charge in [-0.1, -0.05) is 146 Å². The van der Waals surface area contributed by atoms with E-state index in [0.29, 0.717) is 0 Å². The molecule has 0 spiro atoms. The van der Waals surface area contributed by atoms with Gasteiger partial charge in [-0.25, -0.2) is 0 Å². The van der Waals surface area contributed by atoms with Gasteiger partial charge in [-0.05, 0) is 99.1 Å². The lowest BCUT2D eigenvalue weighted by atomic mass is 9.95. The van der Waals surface area contributed by atoms with Gasteiger partial charge in [0.05, 0.1) is 11.0 Å².